The Hall–Kier alpha value is -1.88. The minimum atomic E-state index is -1.03. The summed E-state index contributed by atoms with van der Waals surface area (Å²) in [5.41, 5.74) is 6.91. The molecule has 0 amide bonds. The number of hydrogen-bond acceptors (Lipinski definition) is 3. The van der Waals surface area contributed by atoms with Crippen molar-refractivity contribution >= 4 is 16.9 Å². The summed E-state index contributed by atoms with van der Waals surface area (Å²) >= 11 is 0. The number of carboxylic acids is 1. The molecule has 2 aromatic rings. The lowest BCUT2D eigenvalue weighted by Gasteiger charge is -2.05. The SMILES string of the molecule is N[C@@H](C(=O)O)c1ccc2[nH]ncc2c1. The number of nitrogens with zero attached hydrogens (tertiary/aromatic N) is 1. The fraction of sp³-hybridized carbons (Fsp3) is 0.111. The molecule has 14 heavy (non-hydrogen) atoms. The Kier molecular flexibility index (Phi) is 1.94. The van der Waals surface area contributed by atoms with Crippen molar-refractivity contribution < 1.29 is 9.90 Å². The fourth-order valence-electron chi connectivity index (χ4n) is 1.30. The highest BCUT2D eigenvalue weighted by molar-refractivity contribution is 5.82. The highest BCUT2D eigenvalue weighted by Gasteiger charge is 2.14. The number of H-pyrrole nitrogens is 1. The summed E-state index contributed by atoms with van der Waals surface area (Å²) in [6.07, 6.45) is 1.63. The molecular weight excluding hydrogens is 182 g/mol. The van der Waals surface area contributed by atoms with Crippen LogP contribution in [0.2, 0.25) is 0 Å². The van der Waals surface area contributed by atoms with Gasteiger partial charge in [-0.2, -0.15) is 5.10 Å². The predicted molar refractivity (Wildman–Crippen MR) is 50.7 cm³/mol. The lowest BCUT2D eigenvalue weighted by Crippen LogP contribution is -2.20. The van der Waals surface area contributed by atoms with E-state index in [-0.39, 0.29) is 0 Å². The number of aromatic nitrogens is 2. The quantitative estimate of drug-likeness (QED) is 0.649. The van der Waals surface area contributed by atoms with Gasteiger partial charge in [0, 0.05) is 5.39 Å². The number of benzene rings is 1. The van der Waals surface area contributed by atoms with E-state index >= 15 is 0 Å². The van der Waals surface area contributed by atoms with E-state index in [1.165, 1.54) is 0 Å². The summed E-state index contributed by atoms with van der Waals surface area (Å²) in [5.74, 6) is -1.03. The van der Waals surface area contributed by atoms with Gasteiger partial charge in [-0.05, 0) is 17.7 Å². The molecule has 5 nitrogen and oxygen atoms in total. The molecule has 0 saturated carbocycles. The molecule has 0 aliphatic heterocycles. The molecule has 0 fully saturated rings. The summed E-state index contributed by atoms with van der Waals surface area (Å²) in [5, 5.41) is 16.2. The number of hydrogen-bond donors (Lipinski definition) is 3. The van der Waals surface area contributed by atoms with Crippen molar-refractivity contribution in [3.63, 3.8) is 0 Å². The van der Waals surface area contributed by atoms with E-state index in [2.05, 4.69) is 10.2 Å². The fourth-order valence-corrected chi connectivity index (χ4v) is 1.30. The molecule has 1 atom stereocenters. The van der Waals surface area contributed by atoms with Gasteiger partial charge in [-0.1, -0.05) is 6.07 Å². The third kappa shape index (κ3) is 1.33. The maximum atomic E-state index is 10.6. The van der Waals surface area contributed by atoms with E-state index in [0.29, 0.717) is 5.56 Å². The van der Waals surface area contributed by atoms with E-state index < -0.39 is 12.0 Å². The van der Waals surface area contributed by atoms with E-state index in [1.54, 1.807) is 24.4 Å². The van der Waals surface area contributed by atoms with E-state index in [9.17, 15) is 4.79 Å². The van der Waals surface area contributed by atoms with Crippen LogP contribution in [0.1, 0.15) is 11.6 Å². The number of nitrogens with two attached hydrogens (primary N) is 1. The largest absolute Gasteiger partial charge is 0.480 e. The van der Waals surface area contributed by atoms with Gasteiger partial charge in [0.1, 0.15) is 6.04 Å². The van der Waals surface area contributed by atoms with Crippen molar-refractivity contribution in [3.05, 3.63) is 30.0 Å². The number of rotatable bonds is 2. The summed E-state index contributed by atoms with van der Waals surface area (Å²) in [7, 11) is 0. The minimum absolute atomic E-state index is 0.575. The van der Waals surface area contributed by atoms with Crippen molar-refractivity contribution in [2.45, 2.75) is 6.04 Å². The van der Waals surface area contributed by atoms with Crippen LogP contribution in [0.5, 0.6) is 0 Å². The van der Waals surface area contributed by atoms with Crippen molar-refractivity contribution in [2.24, 2.45) is 5.73 Å². The van der Waals surface area contributed by atoms with Crippen LogP contribution in [0.15, 0.2) is 24.4 Å². The first-order chi connectivity index (χ1) is 6.68. The molecular formula is C9H9N3O2. The molecule has 2 rings (SSSR count). The molecule has 1 aromatic carbocycles. The van der Waals surface area contributed by atoms with Crippen molar-refractivity contribution in [1.29, 1.82) is 0 Å². The standard InChI is InChI=1S/C9H9N3O2/c10-8(9(13)14)5-1-2-7-6(3-5)4-11-12-7/h1-4,8H,10H2,(H,11,12)(H,13,14)/t8-/m1/s1. The first-order valence-electron chi connectivity index (χ1n) is 4.10. The van der Waals surface area contributed by atoms with Gasteiger partial charge in [-0.3, -0.25) is 9.89 Å². The maximum Gasteiger partial charge on any atom is 0.325 e. The first kappa shape index (κ1) is 8.71. The van der Waals surface area contributed by atoms with Crippen LogP contribution < -0.4 is 5.73 Å². The molecule has 0 bridgehead atoms. The third-order valence-corrected chi connectivity index (χ3v) is 2.09. The zero-order chi connectivity index (χ0) is 10.1. The van der Waals surface area contributed by atoms with E-state index in [1.807, 2.05) is 0 Å². The van der Waals surface area contributed by atoms with Crippen LogP contribution in [0.3, 0.4) is 0 Å². The Morgan fingerprint density at radius 3 is 3.07 bits per heavy atom. The van der Waals surface area contributed by atoms with Crippen molar-refractivity contribution in [3.8, 4) is 0 Å². The number of aliphatic carboxylic acids is 1. The van der Waals surface area contributed by atoms with Crippen LogP contribution >= 0.6 is 0 Å². The second-order valence-corrected chi connectivity index (χ2v) is 3.03. The van der Waals surface area contributed by atoms with Gasteiger partial charge >= 0.3 is 5.97 Å². The van der Waals surface area contributed by atoms with Crippen molar-refractivity contribution in [1.82, 2.24) is 10.2 Å². The molecule has 4 N–H and O–H groups in total. The van der Waals surface area contributed by atoms with Crippen LogP contribution in [-0.2, 0) is 4.79 Å². The molecule has 0 unspecified atom stereocenters. The molecule has 1 heterocycles. The molecule has 1 aromatic heterocycles. The lowest BCUT2D eigenvalue weighted by molar-refractivity contribution is -0.138. The Morgan fingerprint density at radius 1 is 1.57 bits per heavy atom. The number of carbonyl (C=O) groups is 1. The number of nitrogens with one attached hydrogen (secondary N) is 1. The highest BCUT2D eigenvalue weighted by atomic mass is 16.4. The second-order valence-electron chi connectivity index (χ2n) is 3.03. The van der Waals surface area contributed by atoms with Gasteiger partial charge in [0.05, 0.1) is 11.7 Å². The topological polar surface area (TPSA) is 92.0 Å². The zero-order valence-electron chi connectivity index (χ0n) is 7.27. The van der Waals surface area contributed by atoms with Crippen LogP contribution in [0, 0.1) is 0 Å². The summed E-state index contributed by atoms with van der Waals surface area (Å²) in [6.45, 7) is 0. The number of carboxylic acid groups (broad SMARTS) is 1. The summed E-state index contributed by atoms with van der Waals surface area (Å²) in [4.78, 5) is 10.6. The number of aromatic amines is 1. The minimum Gasteiger partial charge on any atom is -0.480 e. The monoisotopic (exact) mass is 191 g/mol. The van der Waals surface area contributed by atoms with Gasteiger partial charge < -0.3 is 10.8 Å². The van der Waals surface area contributed by atoms with Gasteiger partial charge in [0.25, 0.3) is 0 Å². The molecule has 0 spiro atoms. The smallest absolute Gasteiger partial charge is 0.325 e. The maximum absolute atomic E-state index is 10.6. The molecule has 0 aliphatic carbocycles. The van der Waals surface area contributed by atoms with Gasteiger partial charge in [-0.15, -0.1) is 0 Å². The summed E-state index contributed by atoms with van der Waals surface area (Å²) in [6, 6.07) is 4.19. The molecule has 0 radical (unpaired) electrons. The lowest BCUT2D eigenvalue weighted by atomic mass is 10.1. The molecule has 0 saturated heterocycles. The van der Waals surface area contributed by atoms with E-state index in [4.69, 9.17) is 10.8 Å². The van der Waals surface area contributed by atoms with Crippen LogP contribution in [0.4, 0.5) is 0 Å². The van der Waals surface area contributed by atoms with Gasteiger partial charge in [-0.25, -0.2) is 0 Å². The van der Waals surface area contributed by atoms with Crippen LogP contribution in [-0.4, -0.2) is 21.3 Å². The summed E-state index contributed by atoms with van der Waals surface area (Å²) < 4.78 is 0. The van der Waals surface area contributed by atoms with E-state index in [0.717, 1.165) is 10.9 Å². The molecule has 5 heteroatoms. The van der Waals surface area contributed by atoms with Crippen molar-refractivity contribution in [2.75, 3.05) is 0 Å². The Balaban J connectivity index is 2.48. The molecule has 0 aliphatic rings. The Bertz CT molecular complexity index is 478. The third-order valence-electron chi connectivity index (χ3n) is 2.09. The number of fused-ring (bicyclic) bond motifs is 1. The average molecular weight is 191 g/mol. The first-order valence-corrected chi connectivity index (χ1v) is 4.10. The Labute approximate surface area is 79.5 Å². The Morgan fingerprint density at radius 2 is 2.36 bits per heavy atom. The van der Waals surface area contributed by atoms with Gasteiger partial charge in [0.2, 0.25) is 0 Å². The van der Waals surface area contributed by atoms with Gasteiger partial charge in [0.15, 0.2) is 0 Å². The normalized spacial score (nSPS) is 12.9. The van der Waals surface area contributed by atoms with Crippen LogP contribution in [0.25, 0.3) is 10.9 Å². The zero-order valence-corrected chi connectivity index (χ0v) is 7.27. The molecule has 72 valence electrons. The second kappa shape index (κ2) is 3.12. The average Bonchev–Trinajstić information content (AvgIpc) is 2.62. The predicted octanol–water partition coefficient (Wildman–Crippen LogP) is 0.647. The highest BCUT2D eigenvalue weighted by Crippen LogP contribution is 2.17.